The maximum Gasteiger partial charge on any atom is 0.340 e. The zero-order valence-corrected chi connectivity index (χ0v) is 27.2. The second-order valence-corrected chi connectivity index (χ2v) is 12.1. The number of aromatic hydroxyl groups is 3. The molecule has 2 aliphatic heterocycles. The van der Waals surface area contributed by atoms with Crippen molar-refractivity contribution in [2.75, 3.05) is 19.8 Å². The number of benzene rings is 2. The number of carbonyl (C=O) groups is 2. The molecule has 2 aliphatic rings. The largest absolute Gasteiger partial charge is 0.507 e. The number of phenolic OH excluding ortho intramolecular Hbond substituents is 3. The zero-order valence-electron chi connectivity index (χ0n) is 27.2. The fraction of sp³-hybridized carbons (Fsp3) is 0.469. The van der Waals surface area contributed by atoms with E-state index in [9.17, 15) is 75.7 Å². The van der Waals surface area contributed by atoms with E-state index in [0.29, 0.717) is 0 Å². The van der Waals surface area contributed by atoms with Crippen LogP contribution in [-0.4, -0.2) is 154 Å². The number of aliphatic carboxylic acids is 1. The number of carbonyl (C=O) groups excluding carboxylic acids is 1. The maximum absolute atomic E-state index is 13.2. The fourth-order valence-corrected chi connectivity index (χ4v) is 5.70. The van der Waals surface area contributed by atoms with E-state index in [2.05, 4.69) is 0 Å². The van der Waals surface area contributed by atoms with Gasteiger partial charge in [-0.2, -0.15) is 0 Å². The third-order valence-corrected chi connectivity index (χ3v) is 8.41. The van der Waals surface area contributed by atoms with Gasteiger partial charge in [0.1, 0.15) is 58.7 Å². The highest BCUT2D eigenvalue weighted by Crippen LogP contribution is 2.38. The molecule has 0 aliphatic carbocycles. The monoisotopic (exact) mass is 756 g/mol. The molecule has 0 spiro atoms. The van der Waals surface area contributed by atoms with Gasteiger partial charge in [0, 0.05) is 49.1 Å². The second kappa shape index (κ2) is 15.8. The van der Waals surface area contributed by atoms with Crippen LogP contribution in [0.4, 0.5) is 0 Å². The van der Waals surface area contributed by atoms with Crippen LogP contribution in [0.25, 0.3) is 22.3 Å². The first-order chi connectivity index (χ1) is 25.0. The molecule has 3 heterocycles. The molecule has 5 rings (SSSR count). The number of carboxylic acid groups (broad SMARTS) is 1. The van der Waals surface area contributed by atoms with Crippen molar-refractivity contribution in [3.63, 3.8) is 0 Å². The minimum Gasteiger partial charge on any atom is -0.507 e. The van der Waals surface area contributed by atoms with Crippen molar-refractivity contribution in [3.05, 3.63) is 46.1 Å². The number of rotatable bonds is 12. The van der Waals surface area contributed by atoms with Crippen molar-refractivity contribution >= 4 is 22.9 Å². The summed E-state index contributed by atoms with van der Waals surface area (Å²) in [7, 11) is 0. The minimum absolute atomic E-state index is 0.0240. The maximum atomic E-state index is 13.2. The van der Waals surface area contributed by atoms with Gasteiger partial charge in [0.25, 0.3) is 0 Å². The lowest BCUT2D eigenvalue weighted by molar-refractivity contribution is -0.372. The van der Waals surface area contributed by atoms with Crippen molar-refractivity contribution in [3.8, 4) is 34.3 Å². The molecule has 9 atom stereocenters. The number of hydrogen-bond acceptors (Lipinski definition) is 20. The van der Waals surface area contributed by atoms with Crippen LogP contribution in [0.2, 0.25) is 0 Å². The van der Waals surface area contributed by atoms with Gasteiger partial charge >= 0.3 is 11.9 Å². The first-order valence-electron chi connectivity index (χ1n) is 15.8. The lowest BCUT2D eigenvalue weighted by Crippen LogP contribution is -2.69. The van der Waals surface area contributed by atoms with Gasteiger partial charge in [0.05, 0.1) is 0 Å². The summed E-state index contributed by atoms with van der Waals surface area (Å²) in [5, 5.41) is 121. The SMILES string of the molecule is O=C(O[C@H]1O[C@H](C(=O)O)C(O)(O)[C@H](O)[C@H]1O)[C@H]1O[C@H](Oc2cc(O)c3c(=O)cc(-c4cc(O)c(O)c(CCO)c4)oc3c2)[C@H](OCCCO)[C@@H](O)[C@@H]1O. The molecule has 12 N–H and O–H groups in total. The lowest BCUT2D eigenvalue weighted by atomic mass is 9.94. The van der Waals surface area contributed by atoms with Crippen LogP contribution in [0.1, 0.15) is 12.0 Å². The summed E-state index contributed by atoms with van der Waals surface area (Å²) in [4.78, 5) is 37.8. The Morgan fingerprint density at radius 1 is 0.849 bits per heavy atom. The molecule has 3 aromatic rings. The van der Waals surface area contributed by atoms with Crippen LogP contribution >= 0.6 is 0 Å². The van der Waals surface area contributed by atoms with E-state index >= 15 is 0 Å². The van der Waals surface area contributed by atoms with E-state index in [0.717, 1.165) is 24.3 Å². The quantitative estimate of drug-likeness (QED) is 0.0368. The number of aliphatic hydroxyl groups excluding tert-OH is 6. The van der Waals surface area contributed by atoms with Gasteiger partial charge in [-0.3, -0.25) is 4.79 Å². The average molecular weight is 757 g/mol. The van der Waals surface area contributed by atoms with Gasteiger partial charge in [0.15, 0.2) is 23.0 Å². The van der Waals surface area contributed by atoms with Gasteiger partial charge in [-0.05, 0) is 25.0 Å². The van der Waals surface area contributed by atoms with E-state index in [-0.39, 0.29) is 66.3 Å². The van der Waals surface area contributed by atoms with E-state index < -0.39 is 95.7 Å². The zero-order chi connectivity index (χ0) is 38.9. The molecule has 2 aromatic carbocycles. The Hall–Kier alpha value is -4.65. The molecule has 2 saturated heterocycles. The first-order valence-corrected chi connectivity index (χ1v) is 15.8. The Labute approximate surface area is 296 Å². The molecule has 21 nitrogen and oxygen atoms in total. The normalized spacial score (nSPS) is 28.4. The van der Waals surface area contributed by atoms with Gasteiger partial charge in [-0.25, -0.2) is 9.59 Å². The highest BCUT2D eigenvalue weighted by Gasteiger charge is 2.59. The number of esters is 1. The lowest BCUT2D eigenvalue weighted by Gasteiger charge is -2.44. The number of carboxylic acids is 1. The van der Waals surface area contributed by atoms with E-state index in [1.165, 1.54) is 6.07 Å². The Kier molecular flexibility index (Phi) is 11.8. The standard InChI is InChI=1S/C32H36O21/c33-3-1-5-48-25-22(40)21(39)24(29(45)53-30-23(41)26(42)32(46,47)27(52-30)28(43)44)51-31(25)49-13-8-14(35)19-15(36)10-17(50-18(19)9-13)12-6-11(2-4-34)20(38)16(37)7-12/h6-10,21-27,30-31,33-35,37-42,46-47H,1-5H2,(H,43,44)/t21-,22-,23+,24-,25+,26+,27+,30+,31-/m0/s1. The molecule has 0 bridgehead atoms. The van der Waals surface area contributed by atoms with E-state index in [1.54, 1.807) is 0 Å². The number of aliphatic hydroxyl groups is 8. The summed E-state index contributed by atoms with van der Waals surface area (Å²) in [5.74, 6) is -9.47. The summed E-state index contributed by atoms with van der Waals surface area (Å²) in [6.45, 7) is -0.991. The van der Waals surface area contributed by atoms with Gasteiger partial charge in [-0.15, -0.1) is 0 Å². The van der Waals surface area contributed by atoms with Crippen molar-refractivity contribution < 1.29 is 99.0 Å². The molecule has 290 valence electrons. The summed E-state index contributed by atoms with van der Waals surface area (Å²) >= 11 is 0. The van der Waals surface area contributed by atoms with Gasteiger partial charge < -0.3 is 89.4 Å². The summed E-state index contributed by atoms with van der Waals surface area (Å²) in [6, 6.07) is 5.44. The second-order valence-electron chi connectivity index (χ2n) is 12.1. The third-order valence-electron chi connectivity index (χ3n) is 8.41. The number of hydrogen-bond donors (Lipinski definition) is 12. The summed E-state index contributed by atoms with van der Waals surface area (Å²) < 4.78 is 32.4. The summed E-state index contributed by atoms with van der Waals surface area (Å²) in [5.41, 5.74) is -0.845. The molecule has 0 unspecified atom stereocenters. The number of fused-ring (bicyclic) bond motifs is 1. The molecule has 21 heteroatoms. The number of ether oxygens (including phenoxy) is 5. The van der Waals surface area contributed by atoms with Crippen LogP contribution < -0.4 is 10.2 Å². The Bertz CT molecular complexity index is 1870. The summed E-state index contributed by atoms with van der Waals surface area (Å²) in [6.07, 6.45) is -20.1. The fourth-order valence-electron chi connectivity index (χ4n) is 5.70. The highest BCUT2D eigenvalue weighted by molar-refractivity contribution is 5.86. The van der Waals surface area contributed by atoms with Crippen LogP contribution in [0, 0.1) is 0 Å². The predicted octanol–water partition coefficient (Wildman–Crippen LogP) is -3.54. The van der Waals surface area contributed by atoms with Crippen LogP contribution in [0.5, 0.6) is 23.0 Å². The first kappa shape index (κ1) is 39.6. The highest BCUT2D eigenvalue weighted by atomic mass is 16.8. The van der Waals surface area contributed by atoms with E-state index in [1.807, 2.05) is 0 Å². The van der Waals surface area contributed by atoms with Crippen molar-refractivity contribution in [2.24, 2.45) is 0 Å². The van der Waals surface area contributed by atoms with Crippen molar-refractivity contribution in [1.82, 2.24) is 0 Å². The van der Waals surface area contributed by atoms with Crippen LogP contribution in [0.3, 0.4) is 0 Å². The third kappa shape index (κ3) is 7.85. The molecule has 2 fully saturated rings. The topological polar surface area (TPSA) is 353 Å². The Morgan fingerprint density at radius 3 is 2.23 bits per heavy atom. The molecular weight excluding hydrogens is 720 g/mol. The minimum atomic E-state index is -3.52. The molecule has 0 saturated carbocycles. The van der Waals surface area contributed by atoms with Crippen LogP contribution in [0.15, 0.2) is 39.5 Å². The molecule has 1 aromatic heterocycles. The molecule has 0 amide bonds. The van der Waals surface area contributed by atoms with Gasteiger partial charge in [0.2, 0.25) is 24.5 Å². The predicted molar refractivity (Wildman–Crippen MR) is 168 cm³/mol. The van der Waals surface area contributed by atoms with E-state index in [4.69, 9.17) is 28.1 Å². The van der Waals surface area contributed by atoms with Crippen molar-refractivity contribution in [1.29, 1.82) is 0 Å². The Balaban J connectivity index is 1.46. The smallest absolute Gasteiger partial charge is 0.340 e. The van der Waals surface area contributed by atoms with Crippen LogP contribution in [-0.2, 0) is 35.0 Å². The molecule has 53 heavy (non-hydrogen) atoms. The average Bonchev–Trinajstić information content (AvgIpc) is 3.09. The number of phenols is 3. The van der Waals surface area contributed by atoms with Gasteiger partial charge in [-0.1, -0.05) is 0 Å². The molecular formula is C32H36O21. The Morgan fingerprint density at radius 2 is 1.57 bits per heavy atom. The molecule has 0 radical (unpaired) electrons. The van der Waals surface area contributed by atoms with Crippen molar-refractivity contribution in [2.45, 2.75) is 73.9 Å².